The Hall–Kier alpha value is -2.99. The highest BCUT2D eigenvalue weighted by molar-refractivity contribution is 6.33. The number of H-pyrrole nitrogens is 1. The van der Waals surface area contributed by atoms with Crippen LogP contribution >= 0.6 is 11.6 Å². The smallest absolute Gasteiger partial charge is 0.183 e. The van der Waals surface area contributed by atoms with Gasteiger partial charge >= 0.3 is 0 Å². The third-order valence-corrected chi connectivity index (χ3v) is 4.08. The van der Waals surface area contributed by atoms with Crippen molar-refractivity contribution in [2.24, 2.45) is 0 Å². The molecule has 124 valence electrons. The van der Waals surface area contributed by atoms with Gasteiger partial charge in [0.05, 0.1) is 11.4 Å². The SMILES string of the molecule is Fc1ccc(Nc2ccc3c(-c4ccccc4Cl)[nH]nc3n2)c(F)c1. The van der Waals surface area contributed by atoms with Gasteiger partial charge in [0, 0.05) is 22.0 Å². The number of hydrogen-bond donors (Lipinski definition) is 2. The molecule has 0 fully saturated rings. The van der Waals surface area contributed by atoms with Crippen LogP contribution in [0.4, 0.5) is 20.3 Å². The molecule has 2 aromatic heterocycles. The van der Waals surface area contributed by atoms with Crippen LogP contribution in [0.5, 0.6) is 0 Å². The standard InChI is InChI=1S/C18H11ClF2N4/c19-13-4-2-1-3-11(13)17-12-6-8-16(23-18(12)25-24-17)22-15-7-5-10(20)9-14(15)21/h1-9H,(H2,22,23,24,25). The zero-order valence-electron chi connectivity index (χ0n) is 12.7. The molecule has 0 bridgehead atoms. The summed E-state index contributed by atoms with van der Waals surface area (Å²) in [4.78, 5) is 4.35. The second kappa shape index (κ2) is 6.14. The topological polar surface area (TPSA) is 53.6 Å². The molecule has 2 heterocycles. The predicted octanol–water partition coefficient (Wildman–Crippen LogP) is 5.30. The van der Waals surface area contributed by atoms with Crippen molar-refractivity contribution in [3.63, 3.8) is 0 Å². The van der Waals surface area contributed by atoms with E-state index in [1.54, 1.807) is 12.1 Å². The van der Waals surface area contributed by atoms with Crippen molar-refractivity contribution in [3.8, 4) is 11.3 Å². The number of pyridine rings is 1. The summed E-state index contributed by atoms with van der Waals surface area (Å²) >= 11 is 6.23. The number of nitrogens with zero attached hydrogens (tertiary/aromatic N) is 2. The molecule has 25 heavy (non-hydrogen) atoms. The summed E-state index contributed by atoms with van der Waals surface area (Å²) in [6, 6.07) is 14.2. The Balaban J connectivity index is 1.71. The molecule has 0 atom stereocenters. The summed E-state index contributed by atoms with van der Waals surface area (Å²) in [6.07, 6.45) is 0. The number of rotatable bonds is 3. The average molecular weight is 357 g/mol. The monoisotopic (exact) mass is 356 g/mol. The Morgan fingerprint density at radius 2 is 1.84 bits per heavy atom. The molecular formula is C18H11ClF2N4. The van der Waals surface area contributed by atoms with Crippen LogP contribution in [0.1, 0.15) is 0 Å². The number of benzene rings is 2. The van der Waals surface area contributed by atoms with Crippen LogP contribution in [0.15, 0.2) is 54.6 Å². The van der Waals surface area contributed by atoms with Crippen LogP contribution in [0, 0.1) is 11.6 Å². The normalized spacial score (nSPS) is 11.0. The van der Waals surface area contributed by atoms with Gasteiger partial charge < -0.3 is 5.32 Å². The summed E-state index contributed by atoms with van der Waals surface area (Å²) < 4.78 is 26.7. The molecule has 0 unspecified atom stereocenters. The third kappa shape index (κ3) is 2.92. The number of aromatic nitrogens is 3. The number of anilines is 2. The van der Waals surface area contributed by atoms with E-state index in [-0.39, 0.29) is 5.69 Å². The van der Waals surface area contributed by atoms with Crippen LogP contribution in [-0.4, -0.2) is 15.2 Å². The number of fused-ring (bicyclic) bond motifs is 1. The van der Waals surface area contributed by atoms with Crippen molar-refractivity contribution in [2.45, 2.75) is 0 Å². The minimum Gasteiger partial charge on any atom is -0.338 e. The van der Waals surface area contributed by atoms with E-state index in [4.69, 9.17) is 11.6 Å². The number of nitrogens with one attached hydrogen (secondary N) is 2. The number of hydrogen-bond acceptors (Lipinski definition) is 3. The Bertz CT molecular complexity index is 1080. The molecule has 0 amide bonds. The zero-order valence-corrected chi connectivity index (χ0v) is 13.5. The van der Waals surface area contributed by atoms with Crippen LogP contribution in [0.25, 0.3) is 22.3 Å². The number of halogens is 3. The molecule has 0 saturated carbocycles. The van der Waals surface area contributed by atoms with E-state index in [0.29, 0.717) is 16.5 Å². The highest BCUT2D eigenvalue weighted by Gasteiger charge is 2.12. The Morgan fingerprint density at radius 3 is 2.64 bits per heavy atom. The van der Waals surface area contributed by atoms with Gasteiger partial charge in [-0.2, -0.15) is 5.10 Å². The predicted molar refractivity (Wildman–Crippen MR) is 94.0 cm³/mol. The highest BCUT2D eigenvalue weighted by atomic mass is 35.5. The lowest BCUT2D eigenvalue weighted by atomic mass is 10.1. The minimum absolute atomic E-state index is 0.134. The van der Waals surface area contributed by atoms with Gasteiger partial charge in [0.2, 0.25) is 0 Å². The summed E-state index contributed by atoms with van der Waals surface area (Å²) in [6.45, 7) is 0. The Labute approximate surface area is 146 Å². The summed E-state index contributed by atoms with van der Waals surface area (Å²) in [5, 5.41) is 11.3. The summed E-state index contributed by atoms with van der Waals surface area (Å²) in [5.74, 6) is -0.931. The van der Waals surface area contributed by atoms with E-state index >= 15 is 0 Å². The lowest BCUT2D eigenvalue weighted by Crippen LogP contribution is -1.96. The Morgan fingerprint density at radius 1 is 1.00 bits per heavy atom. The van der Waals surface area contributed by atoms with Gasteiger partial charge in [0.15, 0.2) is 5.65 Å². The first-order valence-electron chi connectivity index (χ1n) is 7.44. The van der Waals surface area contributed by atoms with Crippen molar-refractivity contribution in [1.82, 2.24) is 15.2 Å². The van der Waals surface area contributed by atoms with E-state index in [1.807, 2.05) is 24.3 Å². The maximum absolute atomic E-state index is 13.8. The first-order valence-corrected chi connectivity index (χ1v) is 7.82. The molecule has 0 aliphatic carbocycles. The lowest BCUT2D eigenvalue weighted by Gasteiger charge is -2.07. The summed E-state index contributed by atoms with van der Waals surface area (Å²) in [7, 11) is 0. The van der Waals surface area contributed by atoms with Gasteiger partial charge in [-0.1, -0.05) is 29.8 Å². The lowest BCUT2D eigenvalue weighted by molar-refractivity contribution is 0.586. The number of aromatic amines is 1. The molecule has 0 spiro atoms. The quantitative estimate of drug-likeness (QED) is 0.523. The minimum atomic E-state index is -0.694. The van der Waals surface area contributed by atoms with Gasteiger partial charge in [-0.3, -0.25) is 5.10 Å². The fourth-order valence-corrected chi connectivity index (χ4v) is 2.80. The van der Waals surface area contributed by atoms with E-state index < -0.39 is 11.6 Å². The van der Waals surface area contributed by atoms with Crippen LogP contribution in [0.2, 0.25) is 5.02 Å². The van der Waals surface area contributed by atoms with Crippen molar-refractivity contribution in [1.29, 1.82) is 0 Å². The molecule has 4 rings (SSSR count). The van der Waals surface area contributed by atoms with E-state index in [2.05, 4.69) is 20.5 Å². The van der Waals surface area contributed by atoms with Crippen molar-refractivity contribution < 1.29 is 8.78 Å². The fraction of sp³-hybridized carbons (Fsp3) is 0. The highest BCUT2D eigenvalue weighted by Crippen LogP contribution is 2.31. The van der Waals surface area contributed by atoms with Gasteiger partial charge in [0.1, 0.15) is 17.5 Å². The van der Waals surface area contributed by atoms with Crippen molar-refractivity contribution in [3.05, 3.63) is 71.3 Å². The maximum Gasteiger partial charge on any atom is 0.183 e. The fourth-order valence-electron chi connectivity index (χ4n) is 2.57. The molecule has 0 saturated heterocycles. The molecule has 4 aromatic rings. The van der Waals surface area contributed by atoms with Gasteiger partial charge in [-0.15, -0.1) is 0 Å². The van der Waals surface area contributed by atoms with Gasteiger partial charge in [-0.25, -0.2) is 13.8 Å². The van der Waals surface area contributed by atoms with Crippen molar-refractivity contribution >= 4 is 34.1 Å². The molecule has 2 aromatic carbocycles. The first-order chi connectivity index (χ1) is 12.1. The molecule has 0 radical (unpaired) electrons. The molecular weight excluding hydrogens is 346 g/mol. The molecule has 0 aliphatic rings. The van der Waals surface area contributed by atoms with E-state index in [9.17, 15) is 8.78 Å². The Kier molecular flexibility index (Phi) is 3.82. The van der Waals surface area contributed by atoms with Crippen molar-refractivity contribution in [2.75, 3.05) is 5.32 Å². The van der Waals surface area contributed by atoms with Crippen LogP contribution in [-0.2, 0) is 0 Å². The maximum atomic E-state index is 13.8. The molecule has 2 N–H and O–H groups in total. The second-order valence-electron chi connectivity index (χ2n) is 5.40. The van der Waals surface area contributed by atoms with Gasteiger partial charge in [-0.05, 0) is 30.3 Å². The van der Waals surface area contributed by atoms with Crippen LogP contribution < -0.4 is 5.32 Å². The molecule has 0 aliphatic heterocycles. The largest absolute Gasteiger partial charge is 0.338 e. The zero-order chi connectivity index (χ0) is 17.4. The molecule has 7 heteroatoms. The summed E-state index contributed by atoms with van der Waals surface area (Å²) in [5.41, 5.74) is 2.17. The second-order valence-corrected chi connectivity index (χ2v) is 5.80. The third-order valence-electron chi connectivity index (χ3n) is 3.76. The van der Waals surface area contributed by atoms with Crippen LogP contribution in [0.3, 0.4) is 0 Å². The molecule has 4 nitrogen and oxygen atoms in total. The first kappa shape index (κ1) is 15.5. The average Bonchev–Trinajstić information content (AvgIpc) is 3.01. The van der Waals surface area contributed by atoms with Gasteiger partial charge in [0.25, 0.3) is 0 Å². The van der Waals surface area contributed by atoms with E-state index in [1.165, 1.54) is 12.1 Å². The van der Waals surface area contributed by atoms with E-state index in [0.717, 1.165) is 22.7 Å².